The number of benzene rings is 1. The Balaban J connectivity index is 1.85. The predicted octanol–water partition coefficient (Wildman–Crippen LogP) is 3.82. The van der Waals surface area contributed by atoms with Gasteiger partial charge in [-0.3, -0.25) is 0 Å². The third-order valence-corrected chi connectivity index (χ3v) is 5.23. The van der Waals surface area contributed by atoms with Gasteiger partial charge in [-0.25, -0.2) is 0 Å². The molecule has 0 aromatic heterocycles. The first-order valence-corrected chi connectivity index (χ1v) is 8.27. The van der Waals surface area contributed by atoms with Gasteiger partial charge in [-0.15, -0.1) is 0 Å². The molecule has 0 radical (unpaired) electrons. The van der Waals surface area contributed by atoms with Crippen LogP contribution in [0.3, 0.4) is 0 Å². The number of piperazine rings is 1. The summed E-state index contributed by atoms with van der Waals surface area (Å²) in [6, 6.07) is 11.6. The zero-order chi connectivity index (χ0) is 14.0. The Morgan fingerprint density at radius 1 is 1.10 bits per heavy atom. The van der Waals surface area contributed by atoms with Gasteiger partial charge in [-0.2, -0.15) is 0 Å². The van der Waals surface area contributed by atoms with Gasteiger partial charge in [0.25, 0.3) is 0 Å². The van der Waals surface area contributed by atoms with E-state index in [2.05, 4.69) is 54.4 Å². The molecule has 1 unspecified atom stereocenters. The Kier molecular flexibility index (Phi) is 4.02. The lowest BCUT2D eigenvalue weighted by molar-refractivity contribution is 0.184. The number of nitrogens with zero attached hydrogens (tertiary/aromatic N) is 1. The number of anilines is 1. The van der Waals surface area contributed by atoms with Crippen LogP contribution in [0, 0.1) is 5.92 Å². The van der Waals surface area contributed by atoms with Crippen molar-refractivity contribution in [2.24, 2.45) is 5.92 Å². The van der Waals surface area contributed by atoms with Crippen LogP contribution < -0.4 is 10.2 Å². The van der Waals surface area contributed by atoms with Crippen LogP contribution in [-0.4, -0.2) is 24.7 Å². The summed E-state index contributed by atoms with van der Waals surface area (Å²) >= 11 is 0. The van der Waals surface area contributed by atoms with E-state index in [1.807, 2.05) is 0 Å². The molecule has 1 aliphatic carbocycles. The molecule has 1 spiro atoms. The van der Waals surface area contributed by atoms with Gasteiger partial charge in [-0.05, 0) is 30.9 Å². The van der Waals surface area contributed by atoms with Crippen molar-refractivity contribution in [3.05, 3.63) is 30.3 Å². The third kappa shape index (κ3) is 2.71. The van der Waals surface area contributed by atoms with Crippen LogP contribution in [-0.2, 0) is 0 Å². The topological polar surface area (TPSA) is 15.3 Å². The molecule has 2 fully saturated rings. The van der Waals surface area contributed by atoms with Crippen LogP contribution in [0.4, 0.5) is 5.69 Å². The van der Waals surface area contributed by atoms with Gasteiger partial charge < -0.3 is 10.2 Å². The summed E-state index contributed by atoms with van der Waals surface area (Å²) in [4.78, 5) is 2.67. The maximum absolute atomic E-state index is 3.92. The second kappa shape index (κ2) is 5.77. The van der Waals surface area contributed by atoms with Gasteiger partial charge in [-0.1, -0.05) is 51.3 Å². The molecule has 1 heterocycles. The van der Waals surface area contributed by atoms with Crippen molar-refractivity contribution in [1.29, 1.82) is 0 Å². The van der Waals surface area contributed by atoms with E-state index in [-0.39, 0.29) is 0 Å². The van der Waals surface area contributed by atoms with Crippen LogP contribution in [0.1, 0.15) is 46.0 Å². The molecule has 1 aliphatic heterocycles. The van der Waals surface area contributed by atoms with Crippen LogP contribution in [0.5, 0.6) is 0 Å². The second-order valence-corrected chi connectivity index (χ2v) is 7.00. The zero-order valence-electron chi connectivity index (χ0n) is 12.9. The van der Waals surface area contributed by atoms with Crippen LogP contribution in [0.25, 0.3) is 0 Å². The molecule has 1 aromatic carbocycles. The van der Waals surface area contributed by atoms with E-state index in [1.54, 1.807) is 0 Å². The molecule has 110 valence electrons. The Labute approximate surface area is 123 Å². The minimum atomic E-state index is 0.374. The highest BCUT2D eigenvalue weighted by Crippen LogP contribution is 2.35. The zero-order valence-corrected chi connectivity index (χ0v) is 12.9. The van der Waals surface area contributed by atoms with Crippen molar-refractivity contribution < 1.29 is 0 Å². The summed E-state index contributed by atoms with van der Waals surface area (Å²) in [6.45, 7) is 7.01. The lowest BCUT2D eigenvalue weighted by Gasteiger charge is -2.51. The number of rotatable bonds is 2. The quantitative estimate of drug-likeness (QED) is 0.880. The van der Waals surface area contributed by atoms with E-state index < -0.39 is 0 Å². The predicted molar refractivity (Wildman–Crippen MR) is 86.2 cm³/mol. The van der Waals surface area contributed by atoms with Crippen molar-refractivity contribution in [1.82, 2.24) is 5.32 Å². The highest BCUT2D eigenvalue weighted by atomic mass is 15.3. The van der Waals surface area contributed by atoms with Crippen LogP contribution in [0.2, 0.25) is 0 Å². The molecule has 0 bridgehead atoms. The molecule has 1 atom stereocenters. The summed E-state index contributed by atoms with van der Waals surface area (Å²) in [7, 11) is 0. The molecular weight excluding hydrogens is 244 g/mol. The van der Waals surface area contributed by atoms with E-state index in [1.165, 1.54) is 44.3 Å². The molecule has 0 amide bonds. The van der Waals surface area contributed by atoms with Gasteiger partial charge >= 0.3 is 0 Å². The third-order valence-electron chi connectivity index (χ3n) is 5.23. The fourth-order valence-corrected chi connectivity index (χ4v) is 3.99. The van der Waals surface area contributed by atoms with Gasteiger partial charge in [0.1, 0.15) is 0 Å². The first-order valence-electron chi connectivity index (χ1n) is 8.27. The van der Waals surface area contributed by atoms with Crippen LogP contribution >= 0.6 is 0 Å². The highest BCUT2D eigenvalue weighted by molar-refractivity contribution is 5.48. The van der Waals surface area contributed by atoms with E-state index >= 15 is 0 Å². The molecular formula is C18H28N2. The SMILES string of the molecule is CC(C)C1CNC2(CCCCC2)CN1c1ccccc1. The largest absolute Gasteiger partial charge is 0.365 e. The molecule has 1 saturated heterocycles. The molecule has 2 aliphatic rings. The molecule has 20 heavy (non-hydrogen) atoms. The van der Waals surface area contributed by atoms with Gasteiger partial charge in [0, 0.05) is 30.4 Å². The summed E-state index contributed by atoms with van der Waals surface area (Å²) < 4.78 is 0. The Morgan fingerprint density at radius 3 is 2.45 bits per heavy atom. The van der Waals surface area contributed by atoms with Gasteiger partial charge in [0.05, 0.1) is 0 Å². The van der Waals surface area contributed by atoms with Crippen molar-refractivity contribution >= 4 is 5.69 Å². The minimum absolute atomic E-state index is 0.374. The van der Waals surface area contributed by atoms with Crippen molar-refractivity contribution in [2.45, 2.75) is 57.5 Å². The van der Waals surface area contributed by atoms with Crippen LogP contribution in [0.15, 0.2) is 30.3 Å². The molecule has 1 saturated carbocycles. The number of nitrogens with one attached hydrogen (secondary N) is 1. The van der Waals surface area contributed by atoms with Gasteiger partial charge in [0.15, 0.2) is 0 Å². The van der Waals surface area contributed by atoms with E-state index in [9.17, 15) is 0 Å². The Morgan fingerprint density at radius 2 is 1.80 bits per heavy atom. The average molecular weight is 272 g/mol. The summed E-state index contributed by atoms with van der Waals surface area (Å²) in [6.07, 6.45) is 6.90. The first kappa shape index (κ1) is 13.9. The number of para-hydroxylation sites is 1. The summed E-state index contributed by atoms with van der Waals surface area (Å²) in [5.41, 5.74) is 1.78. The first-order chi connectivity index (χ1) is 9.70. The maximum atomic E-state index is 3.92. The lowest BCUT2D eigenvalue weighted by Crippen LogP contribution is -2.66. The van der Waals surface area contributed by atoms with Gasteiger partial charge in [0.2, 0.25) is 0 Å². The maximum Gasteiger partial charge on any atom is 0.0438 e. The van der Waals surface area contributed by atoms with Crippen molar-refractivity contribution in [3.63, 3.8) is 0 Å². The molecule has 3 rings (SSSR count). The van der Waals surface area contributed by atoms with E-state index in [4.69, 9.17) is 0 Å². The van der Waals surface area contributed by atoms with Crippen molar-refractivity contribution in [2.75, 3.05) is 18.0 Å². The second-order valence-electron chi connectivity index (χ2n) is 7.00. The lowest BCUT2D eigenvalue weighted by atomic mass is 9.78. The van der Waals surface area contributed by atoms with Crippen molar-refractivity contribution in [3.8, 4) is 0 Å². The van der Waals surface area contributed by atoms with E-state index in [0.717, 1.165) is 6.54 Å². The Hall–Kier alpha value is -1.02. The number of hydrogen-bond donors (Lipinski definition) is 1. The standard InChI is InChI=1S/C18H28N2/c1-15(2)17-13-19-18(11-7-4-8-12-18)14-20(17)16-9-5-3-6-10-16/h3,5-6,9-10,15,17,19H,4,7-8,11-14H2,1-2H3. The minimum Gasteiger partial charge on any atom is -0.365 e. The summed E-state index contributed by atoms with van der Waals surface area (Å²) in [5.74, 6) is 0.684. The fraction of sp³-hybridized carbons (Fsp3) is 0.667. The molecule has 2 nitrogen and oxygen atoms in total. The molecule has 2 heteroatoms. The normalized spacial score (nSPS) is 26.1. The fourth-order valence-electron chi connectivity index (χ4n) is 3.99. The highest BCUT2D eigenvalue weighted by Gasteiger charge is 2.40. The van der Waals surface area contributed by atoms with E-state index in [0.29, 0.717) is 17.5 Å². The monoisotopic (exact) mass is 272 g/mol. The smallest absolute Gasteiger partial charge is 0.0438 e. The molecule has 1 aromatic rings. The molecule has 1 N–H and O–H groups in total. The Bertz CT molecular complexity index is 420. The number of hydrogen-bond acceptors (Lipinski definition) is 2. The summed E-state index contributed by atoms with van der Waals surface area (Å²) in [5, 5.41) is 3.92. The average Bonchev–Trinajstić information content (AvgIpc) is 2.48.